The first-order valence-corrected chi connectivity index (χ1v) is 9.08. The molecule has 0 unspecified atom stereocenters. The van der Waals surface area contributed by atoms with E-state index in [1.807, 2.05) is 0 Å². The molecule has 0 amide bonds. The van der Waals surface area contributed by atoms with E-state index in [9.17, 15) is 0 Å². The number of halogens is 1. The molecule has 6 heteroatoms. The third-order valence-corrected chi connectivity index (χ3v) is 5.75. The molecule has 0 bridgehead atoms. The molecule has 0 aliphatic rings. The molecule has 0 spiro atoms. The Morgan fingerprint density at radius 1 is 1.45 bits per heavy atom. The summed E-state index contributed by atoms with van der Waals surface area (Å²) >= 11 is 7.01. The van der Waals surface area contributed by atoms with Gasteiger partial charge in [0.15, 0.2) is 5.13 Å². The van der Waals surface area contributed by atoms with Crippen molar-refractivity contribution in [2.24, 2.45) is 0 Å². The van der Waals surface area contributed by atoms with Crippen LogP contribution in [0.1, 0.15) is 30.0 Å². The number of nitrogens with zero attached hydrogens (tertiary/aromatic N) is 2. The molecule has 0 aromatic carbocycles. The number of aromatic nitrogens is 1. The van der Waals surface area contributed by atoms with E-state index in [1.54, 1.807) is 22.7 Å². The van der Waals surface area contributed by atoms with Crippen molar-refractivity contribution in [1.82, 2.24) is 10.3 Å². The zero-order valence-electron chi connectivity index (χ0n) is 12.2. The van der Waals surface area contributed by atoms with Gasteiger partial charge in [0.25, 0.3) is 0 Å². The Morgan fingerprint density at radius 2 is 2.20 bits per heavy atom. The van der Waals surface area contributed by atoms with Crippen LogP contribution in [0.5, 0.6) is 0 Å². The first kappa shape index (κ1) is 15.9. The molecule has 0 saturated carbocycles. The molecule has 2 heterocycles. The number of nitrogens with one attached hydrogen (secondary N) is 1. The highest BCUT2D eigenvalue weighted by atomic mass is 79.9. The van der Waals surface area contributed by atoms with Gasteiger partial charge in [-0.05, 0) is 39.9 Å². The average molecular weight is 374 g/mol. The van der Waals surface area contributed by atoms with E-state index in [2.05, 4.69) is 70.4 Å². The smallest absolute Gasteiger partial charge is 0.185 e. The average Bonchev–Trinajstić information content (AvgIpc) is 2.93. The largest absolute Gasteiger partial charge is 0.347 e. The molecular formula is C14H20BrN3S2. The number of hydrogen-bond donors (Lipinski definition) is 1. The Hall–Kier alpha value is -0.430. The predicted molar refractivity (Wildman–Crippen MR) is 93.0 cm³/mol. The van der Waals surface area contributed by atoms with Gasteiger partial charge in [-0.15, -0.1) is 22.7 Å². The summed E-state index contributed by atoms with van der Waals surface area (Å²) < 4.78 is 1.18. The van der Waals surface area contributed by atoms with E-state index in [4.69, 9.17) is 0 Å². The van der Waals surface area contributed by atoms with Crippen molar-refractivity contribution >= 4 is 43.7 Å². The van der Waals surface area contributed by atoms with Crippen LogP contribution in [0.15, 0.2) is 15.2 Å². The zero-order chi connectivity index (χ0) is 14.7. The van der Waals surface area contributed by atoms with Crippen molar-refractivity contribution in [2.75, 3.05) is 11.9 Å². The summed E-state index contributed by atoms with van der Waals surface area (Å²) in [5.41, 5.74) is 2.45. The van der Waals surface area contributed by atoms with Crippen LogP contribution in [-0.4, -0.2) is 18.1 Å². The minimum absolute atomic E-state index is 0.501. The van der Waals surface area contributed by atoms with Gasteiger partial charge in [-0.1, -0.05) is 13.8 Å². The summed E-state index contributed by atoms with van der Waals surface area (Å²) in [5.74, 6) is 0. The summed E-state index contributed by atoms with van der Waals surface area (Å²) in [4.78, 5) is 8.23. The van der Waals surface area contributed by atoms with E-state index in [1.165, 1.54) is 14.2 Å². The number of thiophene rings is 1. The second-order valence-electron chi connectivity index (χ2n) is 5.16. The summed E-state index contributed by atoms with van der Waals surface area (Å²) in [5, 5.41) is 6.73. The SMILES string of the molecule is Cc1nc(N(C)Cc2csc(Br)c2)sc1CNC(C)C. The maximum absolute atomic E-state index is 4.69. The fourth-order valence-corrected chi connectivity index (χ4v) is 3.98. The fourth-order valence-electron chi connectivity index (χ4n) is 1.81. The fraction of sp³-hybridized carbons (Fsp3) is 0.500. The first-order chi connectivity index (χ1) is 9.45. The van der Waals surface area contributed by atoms with Crippen LogP contribution in [0.3, 0.4) is 0 Å². The molecule has 0 aliphatic heterocycles. The van der Waals surface area contributed by atoms with Crippen LogP contribution in [-0.2, 0) is 13.1 Å². The van der Waals surface area contributed by atoms with Crippen molar-refractivity contribution in [1.29, 1.82) is 0 Å². The first-order valence-electron chi connectivity index (χ1n) is 6.59. The van der Waals surface area contributed by atoms with Gasteiger partial charge in [-0.25, -0.2) is 4.98 Å². The Kier molecular flexibility index (Phi) is 5.60. The van der Waals surface area contributed by atoms with Crippen molar-refractivity contribution in [2.45, 2.75) is 39.9 Å². The monoisotopic (exact) mass is 373 g/mol. The molecule has 0 radical (unpaired) electrons. The molecule has 0 saturated heterocycles. The molecule has 0 atom stereocenters. The Labute approximate surface area is 137 Å². The van der Waals surface area contributed by atoms with Gasteiger partial charge in [0.05, 0.1) is 9.48 Å². The second-order valence-corrected chi connectivity index (χ2v) is 8.51. The third-order valence-electron chi connectivity index (χ3n) is 2.92. The highest BCUT2D eigenvalue weighted by molar-refractivity contribution is 9.11. The summed E-state index contributed by atoms with van der Waals surface area (Å²) in [7, 11) is 2.10. The van der Waals surface area contributed by atoms with Gasteiger partial charge in [-0.2, -0.15) is 0 Å². The van der Waals surface area contributed by atoms with Crippen molar-refractivity contribution in [3.8, 4) is 0 Å². The lowest BCUT2D eigenvalue weighted by molar-refractivity contribution is 0.591. The summed E-state index contributed by atoms with van der Waals surface area (Å²) in [6.45, 7) is 8.22. The van der Waals surface area contributed by atoms with Gasteiger partial charge in [-0.3, -0.25) is 0 Å². The molecule has 2 aromatic rings. The van der Waals surface area contributed by atoms with Gasteiger partial charge >= 0.3 is 0 Å². The summed E-state index contributed by atoms with van der Waals surface area (Å²) in [6, 6.07) is 2.67. The molecule has 2 rings (SSSR count). The Balaban J connectivity index is 2.03. The molecule has 3 nitrogen and oxygen atoms in total. The quantitative estimate of drug-likeness (QED) is 0.812. The minimum atomic E-state index is 0.501. The van der Waals surface area contributed by atoms with Crippen LogP contribution in [0, 0.1) is 6.92 Å². The van der Waals surface area contributed by atoms with Gasteiger partial charge in [0, 0.05) is 31.1 Å². The van der Waals surface area contributed by atoms with Crippen molar-refractivity contribution < 1.29 is 0 Å². The number of anilines is 1. The van der Waals surface area contributed by atoms with Gasteiger partial charge in [0.1, 0.15) is 0 Å². The lowest BCUT2D eigenvalue weighted by Gasteiger charge is -2.14. The predicted octanol–water partition coefficient (Wildman–Crippen LogP) is 4.41. The third kappa shape index (κ3) is 4.28. The minimum Gasteiger partial charge on any atom is -0.347 e. The maximum atomic E-state index is 4.69. The lowest BCUT2D eigenvalue weighted by Crippen LogP contribution is -2.21. The van der Waals surface area contributed by atoms with Crippen LogP contribution in [0.25, 0.3) is 0 Å². The number of thiazole rings is 1. The normalized spacial score (nSPS) is 11.3. The molecule has 0 aliphatic carbocycles. The van der Waals surface area contributed by atoms with Crippen LogP contribution in [0.4, 0.5) is 5.13 Å². The van der Waals surface area contributed by atoms with E-state index < -0.39 is 0 Å². The number of aryl methyl sites for hydroxylation is 1. The van der Waals surface area contributed by atoms with Crippen molar-refractivity contribution in [3.63, 3.8) is 0 Å². The maximum Gasteiger partial charge on any atom is 0.185 e. The lowest BCUT2D eigenvalue weighted by atomic mass is 10.3. The Bertz CT molecular complexity index is 563. The van der Waals surface area contributed by atoms with E-state index in [-0.39, 0.29) is 0 Å². The zero-order valence-corrected chi connectivity index (χ0v) is 15.5. The number of hydrogen-bond acceptors (Lipinski definition) is 5. The second kappa shape index (κ2) is 7.02. The summed E-state index contributed by atoms with van der Waals surface area (Å²) in [6.07, 6.45) is 0. The standard InChI is InChI=1S/C14H20BrN3S2/c1-9(2)16-6-12-10(3)17-14(20-12)18(4)7-11-5-13(15)19-8-11/h5,8-9,16H,6-7H2,1-4H3. The van der Waals surface area contributed by atoms with Crippen LogP contribution < -0.4 is 10.2 Å². The topological polar surface area (TPSA) is 28.2 Å². The van der Waals surface area contributed by atoms with Crippen LogP contribution in [0.2, 0.25) is 0 Å². The van der Waals surface area contributed by atoms with E-state index in [0.717, 1.165) is 23.9 Å². The highest BCUT2D eigenvalue weighted by Gasteiger charge is 2.12. The molecule has 110 valence electrons. The molecule has 1 N–H and O–H groups in total. The van der Waals surface area contributed by atoms with Gasteiger partial charge < -0.3 is 10.2 Å². The molecular weight excluding hydrogens is 354 g/mol. The number of rotatable bonds is 6. The molecule has 20 heavy (non-hydrogen) atoms. The molecule has 0 fully saturated rings. The molecule has 2 aromatic heterocycles. The van der Waals surface area contributed by atoms with Crippen molar-refractivity contribution in [3.05, 3.63) is 31.4 Å². The van der Waals surface area contributed by atoms with Crippen LogP contribution >= 0.6 is 38.6 Å². The van der Waals surface area contributed by atoms with Gasteiger partial charge in [0.2, 0.25) is 0 Å². The Morgan fingerprint density at radius 3 is 2.80 bits per heavy atom. The van der Waals surface area contributed by atoms with E-state index in [0.29, 0.717) is 6.04 Å². The highest BCUT2D eigenvalue weighted by Crippen LogP contribution is 2.28. The van der Waals surface area contributed by atoms with E-state index >= 15 is 0 Å².